The first-order valence-corrected chi connectivity index (χ1v) is 12.0. The van der Waals surface area contributed by atoms with Gasteiger partial charge in [-0.1, -0.05) is 47.7 Å². The molecule has 2 N–H and O–H groups in total. The minimum absolute atomic E-state index is 0.105. The van der Waals surface area contributed by atoms with Gasteiger partial charge in [0.2, 0.25) is 5.91 Å². The van der Waals surface area contributed by atoms with Crippen LogP contribution in [0.25, 0.3) is 21.1 Å². The van der Waals surface area contributed by atoms with Gasteiger partial charge in [0.15, 0.2) is 5.13 Å². The summed E-state index contributed by atoms with van der Waals surface area (Å²) in [5.74, 6) is -0.195. The molecule has 0 bridgehead atoms. The fourth-order valence-corrected chi connectivity index (χ4v) is 5.85. The number of likely N-dealkylation sites (N-methyl/N-ethyl adjacent to an activating group) is 1. The molecule has 3 heterocycles. The lowest BCUT2D eigenvalue weighted by atomic mass is 9.79. The number of aromatic amines is 1. The van der Waals surface area contributed by atoms with Crippen molar-refractivity contribution in [1.29, 1.82) is 0 Å². The number of para-hydroxylation sites is 1. The molecule has 2 aromatic heterocycles. The van der Waals surface area contributed by atoms with Gasteiger partial charge in [-0.3, -0.25) is 9.59 Å². The van der Waals surface area contributed by atoms with Gasteiger partial charge in [-0.25, -0.2) is 4.98 Å². The molecule has 5 aromatic rings. The molecule has 174 valence electrons. The van der Waals surface area contributed by atoms with E-state index in [1.165, 1.54) is 11.3 Å². The van der Waals surface area contributed by atoms with Gasteiger partial charge in [-0.2, -0.15) is 0 Å². The van der Waals surface area contributed by atoms with E-state index < -0.39 is 12.0 Å². The average molecular weight is 483 g/mol. The number of rotatable bonds is 4. The molecule has 3 aromatic carbocycles. The first-order chi connectivity index (χ1) is 17.0. The van der Waals surface area contributed by atoms with Crippen molar-refractivity contribution in [3.8, 4) is 5.75 Å². The van der Waals surface area contributed by atoms with Gasteiger partial charge < -0.3 is 19.9 Å². The number of carbonyl (C=O) groups excluding carboxylic acids is 2. The topological polar surface area (TPSA) is 87.3 Å². The summed E-state index contributed by atoms with van der Waals surface area (Å²) in [5.41, 5.74) is 3.91. The van der Waals surface area contributed by atoms with E-state index in [9.17, 15) is 9.59 Å². The van der Waals surface area contributed by atoms with E-state index in [2.05, 4.69) is 15.3 Å². The van der Waals surface area contributed by atoms with Crippen molar-refractivity contribution in [2.24, 2.45) is 0 Å². The Labute approximate surface area is 205 Å². The van der Waals surface area contributed by atoms with E-state index >= 15 is 0 Å². The second-order valence-electron chi connectivity index (χ2n) is 8.56. The zero-order chi connectivity index (χ0) is 24.1. The molecule has 0 aliphatic carbocycles. The maximum absolute atomic E-state index is 13.9. The molecule has 0 saturated carbocycles. The normalized spacial score (nSPS) is 17.5. The predicted octanol–water partition coefficient (Wildman–Crippen LogP) is 5.34. The van der Waals surface area contributed by atoms with Crippen LogP contribution in [0.4, 0.5) is 5.13 Å². The fourth-order valence-electron chi connectivity index (χ4n) is 4.95. The highest BCUT2D eigenvalue weighted by Gasteiger charge is 2.43. The van der Waals surface area contributed by atoms with Crippen LogP contribution in [0.3, 0.4) is 0 Å². The molecule has 2 unspecified atom stereocenters. The minimum atomic E-state index is -0.616. The Morgan fingerprint density at radius 3 is 2.74 bits per heavy atom. The van der Waals surface area contributed by atoms with Gasteiger partial charge in [0.05, 0.1) is 29.3 Å². The number of nitrogens with one attached hydrogen (secondary N) is 2. The molecule has 0 saturated heterocycles. The molecule has 0 fully saturated rings. The molecular weight excluding hydrogens is 460 g/mol. The highest BCUT2D eigenvalue weighted by atomic mass is 32.1. The van der Waals surface area contributed by atoms with E-state index in [0.717, 1.165) is 32.4 Å². The summed E-state index contributed by atoms with van der Waals surface area (Å²) in [6, 6.07) is 20.4. The molecule has 2 amide bonds. The number of ether oxygens (including phenoxy) is 1. The molecule has 7 nitrogen and oxygen atoms in total. The lowest BCUT2D eigenvalue weighted by Crippen LogP contribution is -2.44. The van der Waals surface area contributed by atoms with Crippen molar-refractivity contribution in [3.05, 3.63) is 89.6 Å². The number of hydrogen-bond acceptors (Lipinski definition) is 5. The van der Waals surface area contributed by atoms with Crippen molar-refractivity contribution >= 4 is 49.4 Å². The van der Waals surface area contributed by atoms with Crippen molar-refractivity contribution in [2.75, 3.05) is 19.5 Å². The number of nitrogens with zero attached hydrogens (tertiary/aromatic N) is 2. The van der Waals surface area contributed by atoms with Gasteiger partial charge in [0.25, 0.3) is 5.91 Å². The number of carbonyl (C=O) groups is 2. The summed E-state index contributed by atoms with van der Waals surface area (Å²) in [6.07, 6.45) is 1.90. The Kier molecular flexibility index (Phi) is 5.04. The first kappa shape index (κ1) is 21.4. The number of benzene rings is 3. The molecule has 0 radical (unpaired) electrons. The summed E-state index contributed by atoms with van der Waals surface area (Å²) < 4.78 is 6.23. The second-order valence-corrected chi connectivity index (χ2v) is 9.59. The Balaban J connectivity index is 1.45. The number of hydrogen-bond donors (Lipinski definition) is 2. The average Bonchev–Trinajstić information content (AvgIpc) is 3.49. The van der Waals surface area contributed by atoms with Crippen LogP contribution < -0.4 is 10.1 Å². The van der Waals surface area contributed by atoms with E-state index in [-0.39, 0.29) is 11.8 Å². The van der Waals surface area contributed by atoms with Gasteiger partial charge in [0, 0.05) is 35.3 Å². The zero-order valence-electron chi connectivity index (χ0n) is 19.1. The number of aromatic nitrogens is 2. The number of H-pyrrole nitrogens is 1. The Hall–Kier alpha value is -4.17. The largest absolute Gasteiger partial charge is 0.497 e. The summed E-state index contributed by atoms with van der Waals surface area (Å²) in [4.78, 5) is 36.8. The minimum Gasteiger partial charge on any atom is -0.497 e. The number of fused-ring (bicyclic) bond motifs is 3. The maximum atomic E-state index is 13.9. The molecule has 35 heavy (non-hydrogen) atoms. The molecule has 2 atom stereocenters. The Bertz CT molecular complexity index is 1600. The van der Waals surface area contributed by atoms with Crippen LogP contribution in [0.15, 0.2) is 72.9 Å². The Morgan fingerprint density at radius 1 is 1.09 bits per heavy atom. The highest BCUT2D eigenvalue weighted by molar-refractivity contribution is 7.22. The second kappa shape index (κ2) is 8.25. The monoisotopic (exact) mass is 482 g/mol. The van der Waals surface area contributed by atoms with E-state index in [4.69, 9.17) is 4.74 Å². The standard InChI is InChI=1S/C27H22N4O3S/c1-31-24(19-14-28-20-10-6-5-7-16(19)20)23(17-8-3-4-9-18(17)26(31)33)25(32)30-27-29-21-12-11-15(34-2)13-22(21)35-27/h3-14,23-24,28H,1-2H3,(H,29,30,32). The molecule has 0 spiro atoms. The number of methoxy groups -OCH3 is 1. The van der Waals surface area contributed by atoms with Crippen molar-refractivity contribution < 1.29 is 14.3 Å². The lowest BCUT2D eigenvalue weighted by molar-refractivity contribution is -0.119. The number of amides is 2. The third-order valence-electron chi connectivity index (χ3n) is 6.63. The lowest BCUT2D eigenvalue weighted by Gasteiger charge is -2.39. The third-order valence-corrected chi connectivity index (χ3v) is 7.56. The predicted molar refractivity (Wildman–Crippen MR) is 137 cm³/mol. The molecule has 6 rings (SSSR count). The zero-order valence-corrected chi connectivity index (χ0v) is 19.9. The van der Waals surface area contributed by atoms with Crippen molar-refractivity contribution in [2.45, 2.75) is 12.0 Å². The molecular formula is C27H22N4O3S. The van der Waals surface area contributed by atoms with Crippen LogP contribution in [0, 0.1) is 0 Å². The van der Waals surface area contributed by atoms with E-state index in [1.807, 2.05) is 66.9 Å². The summed E-state index contributed by atoms with van der Waals surface area (Å²) in [6.45, 7) is 0. The van der Waals surface area contributed by atoms with Crippen LogP contribution in [0.2, 0.25) is 0 Å². The molecule has 8 heteroatoms. The fraction of sp³-hybridized carbons (Fsp3) is 0.148. The third kappa shape index (κ3) is 3.45. The summed E-state index contributed by atoms with van der Waals surface area (Å²) in [7, 11) is 3.38. The van der Waals surface area contributed by atoms with Crippen LogP contribution in [0.1, 0.15) is 33.4 Å². The van der Waals surface area contributed by atoms with Crippen molar-refractivity contribution in [1.82, 2.24) is 14.9 Å². The van der Waals surface area contributed by atoms with Crippen LogP contribution >= 0.6 is 11.3 Å². The smallest absolute Gasteiger partial charge is 0.254 e. The van der Waals surface area contributed by atoms with Crippen LogP contribution in [-0.2, 0) is 4.79 Å². The van der Waals surface area contributed by atoms with Gasteiger partial charge in [-0.05, 0) is 35.9 Å². The highest BCUT2D eigenvalue weighted by Crippen LogP contribution is 2.44. The van der Waals surface area contributed by atoms with Crippen LogP contribution in [0.5, 0.6) is 5.75 Å². The van der Waals surface area contributed by atoms with Crippen molar-refractivity contribution in [3.63, 3.8) is 0 Å². The van der Waals surface area contributed by atoms with E-state index in [1.54, 1.807) is 25.1 Å². The SMILES string of the molecule is COc1ccc2nc(NC(=O)C3c4ccccc4C(=O)N(C)C3c3c[nH]c4ccccc34)sc2c1. The Morgan fingerprint density at radius 2 is 1.89 bits per heavy atom. The molecule has 1 aliphatic heterocycles. The maximum Gasteiger partial charge on any atom is 0.254 e. The van der Waals surface area contributed by atoms with Crippen LogP contribution in [-0.4, -0.2) is 40.8 Å². The first-order valence-electron chi connectivity index (χ1n) is 11.2. The summed E-state index contributed by atoms with van der Waals surface area (Å²) in [5, 5.41) is 4.53. The van der Waals surface area contributed by atoms with Gasteiger partial charge in [-0.15, -0.1) is 0 Å². The quantitative estimate of drug-likeness (QED) is 0.362. The number of thiazole rings is 1. The molecule has 1 aliphatic rings. The number of anilines is 1. The van der Waals surface area contributed by atoms with Gasteiger partial charge in [0.1, 0.15) is 5.75 Å². The van der Waals surface area contributed by atoms with E-state index in [0.29, 0.717) is 16.3 Å². The van der Waals surface area contributed by atoms with Gasteiger partial charge >= 0.3 is 0 Å². The summed E-state index contributed by atoms with van der Waals surface area (Å²) >= 11 is 1.39.